The van der Waals surface area contributed by atoms with Gasteiger partial charge in [0.2, 0.25) is 0 Å². The fourth-order valence-corrected chi connectivity index (χ4v) is 8.13. The highest BCUT2D eigenvalue weighted by molar-refractivity contribution is 5.95. The van der Waals surface area contributed by atoms with Crippen molar-refractivity contribution in [2.24, 2.45) is 22.7 Å². The third-order valence-electron chi connectivity index (χ3n) is 10.8. The molecule has 0 aromatic heterocycles. The van der Waals surface area contributed by atoms with Crippen LogP contribution in [0.5, 0.6) is 0 Å². The standard InChI is InChI=1S/C32H40O11/c1-16-13-21-31(15-40-21,43-28(37)39-7)24-26(42-27(36)19-11-9-8-10-12-19)32(38)14-20(34)17(2)22(29(32,4)5)23(41-18(3)33)25(35)30(16,24)6/h8-12,16,20-21,23-24,26,34,38H,13-15H2,1-7H3/t16-,20-,21?,23+,24?,26-,30+,31-,32+/m0/s1. The zero-order chi connectivity index (χ0) is 31.7. The van der Waals surface area contributed by atoms with E-state index >= 15 is 0 Å². The van der Waals surface area contributed by atoms with Crippen LogP contribution in [0.25, 0.3) is 0 Å². The van der Waals surface area contributed by atoms with Crippen molar-refractivity contribution in [3.8, 4) is 0 Å². The topological polar surface area (TPSA) is 155 Å². The number of esters is 2. The lowest BCUT2D eigenvalue weighted by atomic mass is 9.43. The fraction of sp³-hybridized carbons (Fsp3) is 0.625. The minimum atomic E-state index is -2.04. The molecule has 0 radical (unpaired) electrons. The SMILES string of the molecule is COC(=O)O[C@@]12COC1C[C@H](C)[C@@]1(C)C(=O)[C@H](OC(C)=O)C3=C(C)[C@@H](O)C[C@@](O)([C@@H](OC(=O)c4ccccc4)C21)C3(C)C. The molecule has 5 rings (SSSR count). The lowest BCUT2D eigenvalue weighted by molar-refractivity contribution is -0.338. The molecular weight excluding hydrogens is 560 g/mol. The second-order valence-corrected chi connectivity index (χ2v) is 13.1. The fourth-order valence-electron chi connectivity index (χ4n) is 8.13. The highest BCUT2D eigenvalue weighted by atomic mass is 16.8. The molecule has 2 saturated carbocycles. The number of aliphatic hydroxyl groups excluding tert-OH is 1. The number of aliphatic hydroxyl groups is 2. The van der Waals surface area contributed by atoms with Gasteiger partial charge in [-0.2, -0.15) is 0 Å². The number of Topliss-reactive ketones (excluding diaryl/α,β-unsaturated/α-hetero) is 1. The number of benzene rings is 1. The predicted molar refractivity (Wildman–Crippen MR) is 150 cm³/mol. The van der Waals surface area contributed by atoms with Crippen molar-refractivity contribution in [3.05, 3.63) is 47.0 Å². The average Bonchev–Trinajstić information content (AvgIpc) is 2.95. The van der Waals surface area contributed by atoms with E-state index in [9.17, 15) is 29.4 Å². The van der Waals surface area contributed by atoms with Crippen molar-refractivity contribution in [2.45, 2.75) is 90.0 Å². The van der Waals surface area contributed by atoms with Gasteiger partial charge in [-0.15, -0.1) is 0 Å². The van der Waals surface area contributed by atoms with Gasteiger partial charge in [0.25, 0.3) is 0 Å². The molecular formula is C32H40O11. The molecule has 0 spiro atoms. The van der Waals surface area contributed by atoms with Crippen LogP contribution in [0.3, 0.4) is 0 Å². The van der Waals surface area contributed by atoms with Gasteiger partial charge in [0.1, 0.15) is 17.8 Å². The average molecular weight is 601 g/mol. The Labute approximate surface area is 250 Å². The molecule has 0 amide bonds. The maximum absolute atomic E-state index is 15.0. The molecule has 1 aromatic carbocycles. The molecule has 2 N–H and O–H groups in total. The minimum Gasteiger partial charge on any atom is -0.455 e. The number of hydrogen-bond acceptors (Lipinski definition) is 11. The van der Waals surface area contributed by atoms with Crippen LogP contribution in [0, 0.1) is 22.7 Å². The predicted octanol–water partition coefficient (Wildman–Crippen LogP) is 3.15. The molecule has 2 unspecified atom stereocenters. The summed E-state index contributed by atoms with van der Waals surface area (Å²) in [6.45, 7) is 9.51. The van der Waals surface area contributed by atoms with Gasteiger partial charge in [0.05, 0.1) is 31.3 Å². The van der Waals surface area contributed by atoms with Crippen LogP contribution < -0.4 is 0 Å². The number of methoxy groups -OCH3 is 1. The van der Waals surface area contributed by atoms with Crippen LogP contribution in [0.4, 0.5) is 4.79 Å². The second kappa shape index (κ2) is 10.4. The van der Waals surface area contributed by atoms with Crippen molar-refractivity contribution in [3.63, 3.8) is 0 Å². The van der Waals surface area contributed by atoms with Gasteiger partial charge in [-0.05, 0) is 42.5 Å². The third-order valence-corrected chi connectivity index (χ3v) is 10.8. The first kappa shape index (κ1) is 31.2. The number of rotatable bonds is 4. The highest BCUT2D eigenvalue weighted by Crippen LogP contribution is 2.65. The van der Waals surface area contributed by atoms with Crippen LogP contribution >= 0.6 is 0 Å². The van der Waals surface area contributed by atoms with E-state index in [0.29, 0.717) is 5.57 Å². The van der Waals surface area contributed by atoms with E-state index in [4.69, 9.17) is 23.7 Å². The molecule has 3 aliphatic carbocycles. The minimum absolute atomic E-state index is 0.161. The number of hydrogen-bond donors (Lipinski definition) is 2. The Bertz CT molecular complexity index is 1370. The summed E-state index contributed by atoms with van der Waals surface area (Å²) in [6, 6.07) is 8.20. The first-order valence-corrected chi connectivity index (χ1v) is 14.5. The van der Waals surface area contributed by atoms with E-state index < -0.39 is 82.2 Å². The normalized spacial score (nSPS) is 39.6. The first-order chi connectivity index (χ1) is 20.1. The molecule has 1 heterocycles. The number of fused-ring (bicyclic) bond motifs is 5. The third kappa shape index (κ3) is 4.34. The molecule has 11 nitrogen and oxygen atoms in total. The molecule has 43 heavy (non-hydrogen) atoms. The molecule has 9 atom stereocenters. The van der Waals surface area contributed by atoms with Gasteiger partial charge >= 0.3 is 18.1 Å². The van der Waals surface area contributed by atoms with Crippen LogP contribution in [-0.4, -0.2) is 83.4 Å². The Morgan fingerprint density at radius 2 is 1.72 bits per heavy atom. The molecule has 4 aliphatic rings. The molecule has 234 valence electrons. The van der Waals surface area contributed by atoms with Gasteiger partial charge in [0, 0.05) is 24.2 Å². The van der Waals surface area contributed by atoms with Crippen molar-refractivity contribution < 1.29 is 53.1 Å². The lowest BCUT2D eigenvalue weighted by Gasteiger charge is -2.67. The van der Waals surface area contributed by atoms with E-state index in [-0.39, 0.29) is 30.6 Å². The quantitative estimate of drug-likeness (QED) is 0.297. The van der Waals surface area contributed by atoms with Crippen LogP contribution in [0.2, 0.25) is 0 Å². The summed E-state index contributed by atoms with van der Waals surface area (Å²) in [5, 5.41) is 24.3. The highest BCUT2D eigenvalue weighted by Gasteiger charge is 2.77. The number of ketones is 1. The molecule has 2 bridgehead atoms. The summed E-state index contributed by atoms with van der Waals surface area (Å²) >= 11 is 0. The van der Waals surface area contributed by atoms with Gasteiger partial charge < -0.3 is 33.9 Å². The summed E-state index contributed by atoms with van der Waals surface area (Å²) in [7, 11) is 1.15. The molecule has 1 aromatic rings. The van der Waals surface area contributed by atoms with Crippen LogP contribution in [-0.2, 0) is 33.3 Å². The Morgan fingerprint density at radius 3 is 2.28 bits per heavy atom. The van der Waals surface area contributed by atoms with E-state index in [0.717, 1.165) is 7.11 Å². The van der Waals surface area contributed by atoms with Crippen molar-refractivity contribution in [1.82, 2.24) is 0 Å². The monoisotopic (exact) mass is 600 g/mol. The Balaban J connectivity index is 1.84. The van der Waals surface area contributed by atoms with E-state index in [1.165, 1.54) is 6.92 Å². The summed E-state index contributed by atoms with van der Waals surface area (Å²) in [4.78, 5) is 54.0. The van der Waals surface area contributed by atoms with Crippen molar-refractivity contribution >= 4 is 23.9 Å². The van der Waals surface area contributed by atoms with E-state index in [1.54, 1.807) is 58.0 Å². The molecule has 3 fully saturated rings. The molecule has 1 saturated heterocycles. The van der Waals surface area contributed by atoms with Gasteiger partial charge in [-0.3, -0.25) is 9.59 Å². The zero-order valence-corrected chi connectivity index (χ0v) is 25.5. The number of ether oxygens (including phenoxy) is 5. The van der Waals surface area contributed by atoms with Crippen molar-refractivity contribution in [1.29, 1.82) is 0 Å². The second-order valence-electron chi connectivity index (χ2n) is 13.1. The Kier molecular flexibility index (Phi) is 7.55. The van der Waals surface area contributed by atoms with Gasteiger partial charge in [0.15, 0.2) is 17.5 Å². The maximum atomic E-state index is 15.0. The zero-order valence-electron chi connectivity index (χ0n) is 25.5. The summed E-state index contributed by atoms with van der Waals surface area (Å²) in [5.41, 5.74) is -5.64. The van der Waals surface area contributed by atoms with E-state index in [2.05, 4.69) is 0 Å². The summed E-state index contributed by atoms with van der Waals surface area (Å²) in [5.74, 6) is -3.68. The largest absolute Gasteiger partial charge is 0.508 e. The number of carbonyl (C=O) groups is 4. The number of carbonyl (C=O) groups excluding carboxylic acids is 4. The van der Waals surface area contributed by atoms with E-state index in [1.807, 2.05) is 6.92 Å². The smallest absolute Gasteiger partial charge is 0.455 e. The Morgan fingerprint density at radius 1 is 1.07 bits per heavy atom. The summed E-state index contributed by atoms with van der Waals surface area (Å²) < 4.78 is 28.8. The van der Waals surface area contributed by atoms with Crippen LogP contribution in [0.1, 0.15) is 64.7 Å². The van der Waals surface area contributed by atoms with Crippen molar-refractivity contribution in [2.75, 3.05) is 13.7 Å². The van der Waals surface area contributed by atoms with Gasteiger partial charge in [-0.1, -0.05) is 45.9 Å². The maximum Gasteiger partial charge on any atom is 0.508 e. The van der Waals surface area contributed by atoms with Crippen LogP contribution in [0.15, 0.2) is 41.5 Å². The molecule has 1 aliphatic heterocycles. The van der Waals surface area contributed by atoms with Gasteiger partial charge in [-0.25, -0.2) is 9.59 Å². The summed E-state index contributed by atoms with van der Waals surface area (Å²) in [6.07, 6.45) is -5.98. The Hall–Kier alpha value is -3.28. The molecule has 11 heteroatoms. The first-order valence-electron chi connectivity index (χ1n) is 14.5. The lowest BCUT2D eigenvalue weighted by Crippen LogP contribution is -2.80.